The van der Waals surface area contributed by atoms with Crippen LogP contribution in [0.4, 0.5) is 0 Å². The lowest BCUT2D eigenvalue weighted by molar-refractivity contribution is -0.146. The summed E-state index contributed by atoms with van der Waals surface area (Å²) in [6, 6.07) is 0. The lowest BCUT2D eigenvalue weighted by Crippen LogP contribution is -2.51. The van der Waals surface area contributed by atoms with Gasteiger partial charge >= 0.3 is 11.8 Å². The zero-order chi connectivity index (χ0) is 10.4. The van der Waals surface area contributed by atoms with E-state index in [9.17, 15) is 9.59 Å². The first-order valence-corrected chi connectivity index (χ1v) is 4.73. The van der Waals surface area contributed by atoms with Crippen LogP contribution in [0.15, 0.2) is 0 Å². The summed E-state index contributed by atoms with van der Waals surface area (Å²) in [5, 5.41) is 5.56. The Morgan fingerprint density at radius 3 is 2.57 bits per heavy atom. The van der Waals surface area contributed by atoms with Crippen molar-refractivity contribution in [3.8, 4) is 0 Å². The van der Waals surface area contributed by atoms with Crippen molar-refractivity contribution in [2.45, 2.75) is 0 Å². The number of carbonyl (C=O) groups excluding carboxylic acids is 2. The van der Waals surface area contributed by atoms with Crippen LogP contribution < -0.4 is 16.4 Å². The van der Waals surface area contributed by atoms with E-state index in [0.717, 1.165) is 13.1 Å². The second-order valence-electron chi connectivity index (χ2n) is 3.09. The maximum Gasteiger partial charge on any atom is 0.311 e. The van der Waals surface area contributed by atoms with Crippen LogP contribution in [0, 0.1) is 0 Å². The minimum absolute atomic E-state index is 0.344. The largest absolute Gasteiger partial charge is 0.347 e. The van der Waals surface area contributed by atoms with Crippen molar-refractivity contribution in [2.75, 3.05) is 39.3 Å². The smallest absolute Gasteiger partial charge is 0.311 e. The van der Waals surface area contributed by atoms with Crippen molar-refractivity contribution in [1.29, 1.82) is 0 Å². The number of nitrogens with one attached hydrogen (secondary N) is 2. The molecule has 2 amide bonds. The van der Waals surface area contributed by atoms with Crippen molar-refractivity contribution in [3.05, 3.63) is 0 Å². The molecule has 0 atom stereocenters. The highest BCUT2D eigenvalue weighted by Gasteiger charge is 2.22. The number of carbonyl (C=O) groups is 2. The third-order valence-corrected chi connectivity index (χ3v) is 2.03. The summed E-state index contributed by atoms with van der Waals surface area (Å²) in [5.41, 5.74) is 5.21. The Labute approximate surface area is 82.8 Å². The number of rotatable bonds is 2. The molecule has 1 heterocycles. The number of hydrogen-bond acceptors (Lipinski definition) is 4. The van der Waals surface area contributed by atoms with Crippen molar-refractivity contribution in [1.82, 2.24) is 15.5 Å². The summed E-state index contributed by atoms with van der Waals surface area (Å²) in [7, 11) is 0. The fraction of sp³-hybridized carbons (Fsp3) is 0.750. The predicted octanol–water partition coefficient (Wildman–Crippen LogP) is -2.51. The molecule has 1 aliphatic heterocycles. The Bertz CT molecular complexity index is 213. The van der Waals surface area contributed by atoms with Gasteiger partial charge in [-0.25, -0.2) is 0 Å². The van der Waals surface area contributed by atoms with Gasteiger partial charge in [-0.1, -0.05) is 0 Å². The van der Waals surface area contributed by atoms with Crippen LogP contribution >= 0.6 is 0 Å². The van der Waals surface area contributed by atoms with Crippen molar-refractivity contribution in [2.24, 2.45) is 5.73 Å². The molecule has 4 N–H and O–H groups in total. The zero-order valence-electron chi connectivity index (χ0n) is 8.08. The molecule has 80 valence electrons. The molecule has 0 spiro atoms. The standard InChI is InChI=1S/C8H16N4O2/c9-1-2-11-7(13)8(14)12-5-3-10-4-6-12/h10H,1-6,9H2,(H,11,13). The summed E-state index contributed by atoms with van der Waals surface area (Å²) >= 11 is 0. The molecule has 1 aliphatic rings. The Balaban J connectivity index is 2.34. The Morgan fingerprint density at radius 1 is 1.36 bits per heavy atom. The zero-order valence-corrected chi connectivity index (χ0v) is 8.08. The van der Waals surface area contributed by atoms with Crippen LogP contribution in [0.25, 0.3) is 0 Å². The predicted molar refractivity (Wildman–Crippen MR) is 51.5 cm³/mol. The minimum atomic E-state index is -0.558. The fourth-order valence-corrected chi connectivity index (χ4v) is 1.27. The molecule has 0 radical (unpaired) electrons. The molecule has 0 aromatic heterocycles. The molecule has 6 nitrogen and oxygen atoms in total. The SMILES string of the molecule is NCCNC(=O)C(=O)N1CCNCC1. The summed E-state index contributed by atoms with van der Waals surface area (Å²) in [6.45, 7) is 3.37. The number of nitrogens with two attached hydrogens (primary N) is 1. The first-order valence-electron chi connectivity index (χ1n) is 4.73. The van der Waals surface area contributed by atoms with Gasteiger partial charge in [-0.15, -0.1) is 0 Å². The maximum atomic E-state index is 11.4. The highest BCUT2D eigenvalue weighted by atomic mass is 16.2. The van der Waals surface area contributed by atoms with Gasteiger partial charge in [0.25, 0.3) is 0 Å². The van der Waals surface area contributed by atoms with Crippen LogP contribution in [-0.4, -0.2) is 56.0 Å². The highest BCUT2D eigenvalue weighted by molar-refractivity contribution is 6.35. The number of hydrogen-bond donors (Lipinski definition) is 3. The van der Waals surface area contributed by atoms with Gasteiger partial charge in [0.15, 0.2) is 0 Å². The summed E-state index contributed by atoms with van der Waals surface area (Å²) in [4.78, 5) is 24.2. The van der Waals surface area contributed by atoms with E-state index < -0.39 is 11.8 Å². The Morgan fingerprint density at radius 2 is 2.00 bits per heavy atom. The van der Waals surface area contributed by atoms with E-state index in [4.69, 9.17) is 5.73 Å². The van der Waals surface area contributed by atoms with E-state index in [1.807, 2.05) is 0 Å². The molecule has 0 aliphatic carbocycles. The summed E-state index contributed by atoms with van der Waals surface area (Å²) < 4.78 is 0. The van der Waals surface area contributed by atoms with Gasteiger partial charge in [-0.05, 0) is 0 Å². The fourth-order valence-electron chi connectivity index (χ4n) is 1.27. The van der Waals surface area contributed by atoms with E-state index >= 15 is 0 Å². The van der Waals surface area contributed by atoms with Crippen molar-refractivity contribution >= 4 is 11.8 Å². The van der Waals surface area contributed by atoms with Gasteiger partial charge in [0.2, 0.25) is 0 Å². The minimum Gasteiger partial charge on any atom is -0.347 e. The average Bonchev–Trinajstić information content (AvgIpc) is 2.26. The second kappa shape index (κ2) is 5.56. The third-order valence-electron chi connectivity index (χ3n) is 2.03. The monoisotopic (exact) mass is 200 g/mol. The second-order valence-corrected chi connectivity index (χ2v) is 3.09. The van der Waals surface area contributed by atoms with Crippen LogP contribution in [0.1, 0.15) is 0 Å². The van der Waals surface area contributed by atoms with Gasteiger partial charge in [0, 0.05) is 39.3 Å². The lowest BCUT2D eigenvalue weighted by Gasteiger charge is -2.26. The molecule has 14 heavy (non-hydrogen) atoms. The van der Waals surface area contributed by atoms with Crippen LogP contribution in [-0.2, 0) is 9.59 Å². The van der Waals surface area contributed by atoms with E-state index in [0.29, 0.717) is 26.2 Å². The van der Waals surface area contributed by atoms with E-state index in [2.05, 4.69) is 10.6 Å². The van der Waals surface area contributed by atoms with Crippen molar-refractivity contribution < 1.29 is 9.59 Å². The molecular formula is C8H16N4O2. The summed E-state index contributed by atoms with van der Waals surface area (Å²) in [6.07, 6.45) is 0. The maximum absolute atomic E-state index is 11.4. The molecule has 0 bridgehead atoms. The first-order chi connectivity index (χ1) is 6.75. The molecule has 1 rings (SSSR count). The van der Waals surface area contributed by atoms with Crippen LogP contribution in [0.3, 0.4) is 0 Å². The molecule has 6 heteroatoms. The number of nitrogens with zero attached hydrogens (tertiary/aromatic N) is 1. The van der Waals surface area contributed by atoms with Crippen molar-refractivity contribution in [3.63, 3.8) is 0 Å². The molecule has 0 aromatic carbocycles. The van der Waals surface area contributed by atoms with Crippen LogP contribution in [0.5, 0.6) is 0 Å². The van der Waals surface area contributed by atoms with E-state index in [1.165, 1.54) is 0 Å². The Hall–Kier alpha value is -1.14. The molecular weight excluding hydrogens is 184 g/mol. The molecule has 0 aromatic rings. The molecule has 0 saturated carbocycles. The number of piperazine rings is 1. The first kappa shape index (κ1) is 10.9. The molecule has 1 saturated heterocycles. The topological polar surface area (TPSA) is 87.5 Å². The average molecular weight is 200 g/mol. The van der Waals surface area contributed by atoms with Gasteiger partial charge in [-0.2, -0.15) is 0 Å². The van der Waals surface area contributed by atoms with Gasteiger partial charge in [-0.3, -0.25) is 9.59 Å². The summed E-state index contributed by atoms with van der Waals surface area (Å²) in [5.74, 6) is -1.02. The quantitative estimate of drug-likeness (QED) is 0.430. The van der Waals surface area contributed by atoms with Gasteiger partial charge in [0.05, 0.1) is 0 Å². The van der Waals surface area contributed by atoms with Gasteiger partial charge < -0.3 is 21.3 Å². The lowest BCUT2D eigenvalue weighted by atomic mass is 10.3. The normalized spacial score (nSPS) is 16.5. The van der Waals surface area contributed by atoms with Crippen LogP contribution in [0.2, 0.25) is 0 Å². The van der Waals surface area contributed by atoms with Gasteiger partial charge in [0.1, 0.15) is 0 Å². The molecule has 0 unspecified atom stereocenters. The highest BCUT2D eigenvalue weighted by Crippen LogP contribution is 1.92. The Kier molecular flexibility index (Phi) is 4.34. The van der Waals surface area contributed by atoms with E-state index in [-0.39, 0.29) is 0 Å². The third kappa shape index (κ3) is 2.97. The number of amides is 2. The molecule has 1 fully saturated rings. The van der Waals surface area contributed by atoms with E-state index in [1.54, 1.807) is 4.90 Å².